The summed E-state index contributed by atoms with van der Waals surface area (Å²) in [4.78, 5) is 0. The number of rotatable bonds is 2. The van der Waals surface area contributed by atoms with E-state index in [9.17, 15) is 0 Å². The van der Waals surface area contributed by atoms with Gasteiger partial charge < -0.3 is 0 Å². The molecule has 0 amide bonds. The summed E-state index contributed by atoms with van der Waals surface area (Å²) in [6.45, 7) is 7.03. The third-order valence-corrected chi connectivity index (χ3v) is 3.30. The summed E-state index contributed by atoms with van der Waals surface area (Å²) in [5.41, 5.74) is 2.14. The second kappa shape index (κ2) is 4.94. The monoisotopic (exact) mass is 282 g/mol. The van der Waals surface area contributed by atoms with Gasteiger partial charge in [-0.05, 0) is 23.8 Å². The van der Waals surface area contributed by atoms with Gasteiger partial charge in [0.25, 0.3) is 0 Å². The molecule has 0 spiro atoms. The van der Waals surface area contributed by atoms with Crippen LogP contribution in [0.25, 0.3) is 0 Å². The molecule has 0 aliphatic carbocycles. The van der Waals surface area contributed by atoms with E-state index in [0.717, 1.165) is 16.3 Å². The first-order chi connectivity index (χ1) is 8.36. The minimum absolute atomic E-state index is 0.00882. The highest BCUT2D eigenvalue weighted by atomic mass is 35.5. The van der Waals surface area contributed by atoms with E-state index in [2.05, 4.69) is 25.9 Å². The van der Waals surface area contributed by atoms with Crippen molar-refractivity contribution in [3.63, 3.8) is 0 Å². The molecule has 1 heterocycles. The normalized spacial score (nSPS) is 11.8. The Labute approximate surface area is 118 Å². The lowest BCUT2D eigenvalue weighted by Crippen LogP contribution is -2.13. The molecule has 18 heavy (non-hydrogen) atoms. The van der Waals surface area contributed by atoms with Gasteiger partial charge in [-0.2, -0.15) is 5.10 Å². The van der Waals surface area contributed by atoms with Crippen LogP contribution in [0.3, 0.4) is 0 Å². The molecule has 0 unspecified atom stereocenters. The molecule has 2 rings (SSSR count). The third kappa shape index (κ3) is 3.06. The van der Waals surface area contributed by atoms with Gasteiger partial charge in [0.2, 0.25) is 0 Å². The smallest absolute Gasteiger partial charge is 0.127 e. The number of hydrogen-bond donors (Lipinski definition) is 0. The van der Waals surface area contributed by atoms with E-state index in [1.54, 1.807) is 0 Å². The van der Waals surface area contributed by atoms with Crippen molar-refractivity contribution in [3.8, 4) is 0 Å². The van der Waals surface area contributed by atoms with E-state index in [1.165, 1.54) is 0 Å². The zero-order valence-electron chi connectivity index (χ0n) is 10.7. The van der Waals surface area contributed by atoms with Crippen LogP contribution in [0.4, 0.5) is 0 Å². The molecule has 0 aliphatic rings. The van der Waals surface area contributed by atoms with Gasteiger partial charge in [0.05, 0.1) is 12.2 Å². The number of benzene rings is 1. The van der Waals surface area contributed by atoms with E-state index in [4.69, 9.17) is 23.2 Å². The summed E-state index contributed by atoms with van der Waals surface area (Å²) in [6.07, 6.45) is 0. The van der Waals surface area contributed by atoms with Gasteiger partial charge in [-0.15, -0.1) is 0 Å². The van der Waals surface area contributed by atoms with E-state index in [-0.39, 0.29) is 5.41 Å². The second-order valence-electron chi connectivity index (χ2n) is 5.39. The zero-order chi connectivity index (χ0) is 13.3. The lowest BCUT2D eigenvalue weighted by atomic mass is 9.93. The first kappa shape index (κ1) is 13.4. The van der Waals surface area contributed by atoms with E-state index in [1.807, 2.05) is 35.0 Å². The number of halogens is 2. The predicted octanol–water partition coefficient (Wildman–Crippen LogP) is 4.54. The molecule has 0 saturated carbocycles. The average Bonchev–Trinajstić information content (AvgIpc) is 2.63. The van der Waals surface area contributed by atoms with Gasteiger partial charge in [-0.25, -0.2) is 4.68 Å². The van der Waals surface area contributed by atoms with Crippen LogP contribution in [-0.2, 0) is 12.0 Å². The highest BCUT2D eigenvalue weighted by molar-refractivity contribution is 6.30. The lowest BCUT2D eigenvalue weighted by Gasteiger charge is -2.14. The predicted molar refractivity (Wildman–Crippen MR) is 76.5 cm³/mol. The Morgan fingerprint density at radius 2 is 1.72 bits per heavy atom. The number of hydrogen-bond acceptors (Lipinski definition) is 1. The second-order valence-corrected chi connectivity index (χ2v) is 6.21. The summed E-state index contributed by atoms with van der Waals surface area (Å²) in [7, 11) is 0. The first-order valence-electron chi connectivity index (χ1n) is 5.84. The van der Waals surface area contributed by atoms with E-state index in [0.29, 0.717) is 11.7 Å². The molecule has 2 aromatic rings. The standard InChI is InChI=1S/C14H16Cl2N2/c1-14(2,3)12-8-13(16)18(17-12)9-10-4-6-11(15)7-5-10/h4-8H,9H2,1-3H3. The zero-order valence-corrected chi connectivity index (χ0v) is 12.3. The van der Waals surface area contributed by atoms with Crippen molar-refractivity contribution >= 4 is 23.2 Å². The van der Waals surface area contributed by atoms with Crippen LogP contribution >= 0.6 is 23.2 Å². The molecule has 0 atom stereocenters. The summed E-state index contributed by atoms with van der Waals surface area (Å²) < 4.78 is 1.81. The fraction of sp³-hybridized carbons (Fsp3) is 0.357. The van der Waals surface area contributed by atoms with Gasteiger partial charge in [0.1, 0.15) is 5.15 Å². The Kier molecular flexibility index (Phi) is 3.69. The number of aromatic nitrogens is 2. The molecule has 1 aromatic carbocycles. The molecule has 0 bridgehead atoms. The highest BCUT2D eigenvalue weighted by Gasteiger charge is 2.19. The van der Waals surface area contributed by atoms with Crippen molar-refractivity contribution in [1.29, 1.82) is 0 Å². The third-order valence-electron chi connectivity index (χ3n) is 2.74. The van der Waals surface area contributed by atoms with E-state index < -0.39 is 0 Å². The molecule has 0 radical (unpaired) electrons. The SMILES string of the molecule is CC(C)(C)c1cc(Cl)n(Cc2ccc(Cl)cc2)n1. The van der Waals surface area contributed by atoms with Gasteiger partial charge in [0.15, 0.2) is 0 Å². The minimum atomic E-state index is 0.00882. The maximum atomic E-state index is 6.21. The van der Waals surface area contributed by atoms with Crippen LogP contribution < -0.4 is 0 Å². The minimum Gasteiger partial charge on any atom is -0.249 e. The maximum Gasteiger partial charge on any atom is 0.127 e. The van der Waals surface area contributed by atoms with Crippen LogP contribution in [0.15, 0.2) is 30.3 Å². The Morgan fingerprint density at radius 3 is 2.22 bits per heavy atom. The topological polar surface area (TPSA) is 17.8 Å². The average molecular weight is 283 g/mol. The molecule has 0 fully saturated rings. The fourth-order valence-corrected chi connectivity index (χ4v) is 1.96. The Bertz CT molecular complexity index is 536. The quantitative estimate of drug-likeness (QED) is 0.791. The van der Waals surface area contributed by atoms with Gasteiger partial charge >= 0.3 is 0 Å². The molecule has 0 saturated heterocycles. The molecule has 2 nitrogen and oxygen atoms in total. The molecule has 0 aliphatic heterocycles. The van der Waals surface area contributed by atoms with E-state index >= 15 is 0 Å². The molecule has 1 aromatic heterocycles. The van der Waals surface area contributed by atoms with Crippen LogP contribution in [0.5, 0.6) is 0 Å². The van der Waals surface area contributed by atoms with Crippen LogP contribution in [0, 0.1) is 0 Å². The van der Waals surface area contributed by atoms with Crippen molar-refractivity contribution in [1.82, 2.24) is 9.78 Å². The summed E-state index contributed by atoms with van der Waals surface area (Å²) >= 11 is 12.1. The lowest BCUT2D eigenvalue weighted by molar-refractivity contribution is 0.545. The summed E-state index contributed by atoms with van der Waals surface area (Å²) in [5, 5.41) is 5.95. The summed E-state index contributed by atoms with van der Waals surface area (Å²) in [6, 6.07) is 9.64. The van der Waals surface area contributed by atoms with Crippen LogP contribution in [0.1, 0.15) is 32.0 Å². The van der Waals surface area contributed by atoms with Crippen molar-refractivity contribution < 1.29 is 0 Å². The molecule has 0 N–H and O–H groups in total. The highest BCUT2D eigenvalue weighted by Crippen LogP contribution is 2.24. The Balaban J connectivity index is 2.24. The van der Waals surface area contributed by atoms with Crippen molar-refractivity contribution in [2.75, 3.05) is 0 Å². The number of nitrogens with zero attached hydrogens (tertiary/aromatic N) is 2. The Hall–Kier alpha value is -0.990. The Morgan fingerprint density at radius 1 is 1.11 bits per heavy atom. The molecular weight excluding hydrogens is 267 g/mol. The summed E-state index contributed by atoms with van der Waals surface area (Å²) in [5.74, 6) is 0. The molecule has 96 valence electrons. The fourth-order valence-electron chi connectivity index (χ4n) is 1.63. The van der Waals surface area contributed by atoms with Crippen molar-refractivity contribution in [2.45, 2.75) is 32.7 Å². The van der Waals surface area contributed by atoms with Crippen LogP contribution in [-0.4, -0.2) is 9.78 Å². The molecular formula is C14H16Cl2N2. The van der Waals surface area contributed by atoms with Crippen molar-refractivity contribution in [2.24, 2.45) is 0 Å². The van der Waals surface area contributed by atoms with Gasteiger partial charge in [-0.1, -0.05) is 56.1 Å². The van der Waals surface area contributed by atoms with Gasteiger partial charge in [0, 0.05) is 10.4 Å². The maximum absolute atomic E-state index is 6.21. The first-order valence-corrected chi connectivity index (χ1v) is 6.60. The largest absolute Gasteiger partial charge is 0.249 e. The van der Waals surface area contributed by atoms with Crippen molar-refractivity contribution in [3.05, 3.63) is 51.8 Å². The molecule has 4 heteroatoms. The van der Waals surface area contributed by atoms with Gasteiger partial charge in [-0.3, -0.25) is 0 Å². The van der Waals surface area contributed by atoms with Crippen LogP contribution in [0.2, 0.25) is 10.2 Å².